The molecule has 1 N–H and O–H groups in total. The van der Waals surface area contributed by atoms with Gasteiger partial charge in [0.25, 0.3) is 0 Å². The van der Waals surface area contributed by atoms with Crippen LogP contribution in [0, 0.1) is 11.8 Å². The third-order valence-electron chi connectivity index (χ3n) is 7.29. The fraction of sp³-hybridized carbons (Fsp3) is 0.480. The second-order valence-electron chi connectivity index (χ2n) is 8.88. The fourth-order valence-electron chi connectivity index (χ4n) is 5.80. The van der Waals surface area contributed by atoms with E-state index in [0.717, 1.165) is 50.5 Å². The van der Waals surface area contributed by atoms with Crippen molar-refractivity contribution in [2.45, 2.75) is 44.9 Å². The minimum Gasteiger partial charge on any atom is -0.497 e. The van der Waals surface area contributed by atoms with E-state index >= 15 is 0 Å². The topological polar surface area (TPSA) is 50.5 Å². The van der Waals surface area contributed by atoms with E-state index in [2.05, 4.69) is 39.7 Å². The third-order valence-corrected chi connectivity index (χ3v) is 7.29. The van der Waals surface area contributed by atoms with Gasteiger partial charge in [-0.2, -0.15) is 0 Å². The van der Waals surface area contributed by atoms with Gasteiger partial charge in [0.05, 0.1) is 12.8 Å². The van der Waals surface area contributed by atoms with Crippen LogP contribution >= 0.6 is 0 Å². The van der Waals surface area contributed by atoms with Crippen LogP contribution in [0.3, 0.4) is 0 Å². The number of aliphatic hydroxyl groups is 1. The minimum atomic E-state index is -0.795. The number of piperidine rings is 1. The van der Waals surface area contributed by atoms with Crippen LogP contribution in [-0.4, -0.2) is 39.8 Å². The van der Waals surface area contributed by atoms with Crippen molar-refractivity contribution in [3.63, 3.8) is 0 Å². The number of benzene rings is 1. The van der Waals surface area contributed by atoms with Crippen molar-refractivity contribution in [1.82, 2.24) is 14.5 Å². The first-order valence-electron chi connectivity index (χ1n) is 11.2. The van der Waals surface area contributed by atoms with E-state index in [1.807, 2.05) is 30.5 Å². The van der Waals surface area contributed by atoms with E-state index in [4.69, 9.17) is 4.74 Å². The summed E-state index contributed by atoms with van der Waals surface area (Å²) in [4.78, 5) is 7.10. The Hall–Kier alpha value is -2.37. The lowest BCUT2D eigenvalue weighted by Gasteiger charge is -2.52. The molecule has 0 spiro atoms. The Morgan fingerprint density at radius 1 is 1.17 bits per heavy atom. The Bertz CT molecular complexity index is 1020. The number of fused-ring (bicyclic) bond motifs is 3. The monoisotopic (exact) mass is 405 g/mol. The summed E-state index contributed by atoms with van der Waals surface area (Å²) >= 11 is 0. The molecule has 0 radical (unpaired) electrons. The van der Waals surface area contributed by atoms with Crippen molar-refractivity contribution in [1.29, 1.82) is 0 Å². The molecule has 2 aliphatic rings. The number of methoxy groups -OCH3 is 1. The molecule has 1 aromatic carbocycles. The SMILES string of the molecule is CCn1cc(CN2C[C@H]3CCC[C@H](C2)C3(O)c2ccccn2)c2cc(OC)ccc21. The molecule has 1 aliphatic heterocycles. The van der Waals surface area contributed by atoms with Crippen LogP contribution in [0.15, 0.2) is 48.8 Å². The van der Waals surface area contributed by atoms with Gasteiger partial charge >= 0.3 is 0 Å². The summed E-state index contributed by atoms with van der Waals surface area (Å²) in [5.41, 5.74) is 2.66. The van der Waals surface area contributed by atoms with Crippen molar-refractivity contribution in [3.05, 3.63) is 60.0 Å². The number of aryl methyl sites for hydroxylation is 1. The summed E-state index contributed by atoms with van der Waals surface area (Å²) in [6.07, 6.45) is 7.42. The van der Waals surface area contributed by atoms with Gasteiger partial charge in [0.1, 0.15) is 11.4 Å². The number of hydrogen-bond acceptors (Lipinski definition) is 4. The van der Waals surface area contributed by atoms with Gasteiger partial charge < -0.3 is 14.4 Å². The Morgan fingerprint density at radius 3 is 2.63 bits per heavy atom. The predicted octanol–water partition coefficient (Wildman–Crippen LogP) is 4.18. The number of likely N-dealkylation sites (tertiary alicyclic amines) is 1. The predicted molar refractivity (Wildman–Crippen MR) is 118 cm³/mol. The molecule has 30 heavy (non-hydrogen) atoms. The smallest absolute Gasteiger partial charge is 0.119 e. The minimum absolute atomic E-state index is 0.231. The van der Waals surface area contributed by atoms with Crippen molar-refractivity contribution in [2.24, 2.45) is 11.8 Å². The van der Waals surface area contributed by atoms with E-state index in [9.17, 15) is 5.11 Å². The Labute approximate surface area is 178 Å². The summed E-state index contributed by atoms with van der Waals surface area (Å²) in [7, 11) is 1.72. The lowest BCUT2D eigenvalue weighted by atomic mass is 9.64. The Balaban J connectivity index is 1.44. The number of pyridine rings is 1. The highest BCUT2D eigenvalue weighted by Gasteiger charge is 2.52. The molecule has 0 unspecified atom stereocenters. The first kappa shape index (κ1) is 19.6. The second kappa shape index (κ2) is 7.71. The molecular formula is C25H31N3O2. The highest BCUT2D eigenvalue weighted by molar-refractivity contribution is 5.85. The second-order valence-corrected chi connectivity index (χ2v) is 8.88. The summed E-state index contributed by atoms with van der Waals surface area (Å²) in [5.74, 6) is 1.36. The molecule has 1 saturated carbocycles. The van der Waals surface area contributed by atoms with E-state index in [1.54, 1.807) is 7.11 Å². The molecule has 158 valence electrons. The molecule has 1 saturated heterocycles. The summed E-state index contributed by atoms with van der Waals surface area (Å²) < 4.78 is 7.80. The zero-order valence-corrected chi connectivity index (χ0v) is 17.9. The highest BCUT2D eigenvalue weighted by atomic mass is 16.5. The van der Waals surface area contributed by atoms with E-state index in [-0.39, 0.29) is 11.8 Å². The van der Waals surface area contributed by atoms with Crippen molar-refractivity contribution in [3.8, 4) is 5.75 Å². The van der Waals surface area contributed by atoms with Gasteiger partial charge in [-0.25, -0.2) is 0 Å². The zero-order chi connectivity index (χ0) is 20.7. The molecule has 1 aliphatic carbocycles. The van der Waals surface area contributed by atoms with Crippen LogP contribution in [0.1, 0.15) is 37.4 Å². The molecule has 0 amide bonds. The first-order valence-corrected chi connectivity index (χ1v) is 11.2. The van der Waals surface area contributed by atoms with E-state index in [0.29, 0.717) is 0 Å². The number of aromatic nitrogens is 2. The Morgan fingerprint density at radius 2 is 1.97 bits per heavy atom. The molecule has 2 fully saturated rings. The van der Waals surface area contributed by atoms with Crippen LogP contribution in [0.4, 0.5) is 0 Å². The molecular weight excluding hydrogens is 374 g/mol. The van der Waals surface area contributed by atoms with Crippen LogP contribution < -0.4 is 4.74 Å². The van der Waals surface area contributed by atoms with Crippen molar-refractivity contribution < 1.29 is 9.84 Å². The molecule has 2 atom stereocenters. The molecule has 3 aromatic rings. The average molecular weight is 406 g/mol. The van der Waals surface area contributed by atoms with Crippen molar-refractivity contribution in [2.75, 3.05) is 20.2 Å². The van der Waals surface area contributed by atoms with Gasteiger partial charge in [-0.1, -0.05) is 12.5 Å². The van der Waals surface area contributed by atoms with Gasteiger partial charge in [0, 0.05) is 61.3 Å². The van der Waals surface area contributed by atoms with Crippen molar-refractivity contribution >= 4 is 10.9 Å². The van der Waals surface area contributed by atoms with E-state index < -0.39 is 5.60 Å². The maximum atomic E-state index is 11.8. The van der Waals surface area contributed by atoms with Gasteiger partial charge in [0.15, 0.2) is 0 Å². The molecule has 5 heteroatoms. The third kappa shape index (κ3) is 3.12. The summed E-state index contributed by atoms with van der Waals surface area (Å²) in [6.45, 7) is 5.86. The normalized spacial score (nSPS) is 26.8. The lowest BCUT2D eigenvalue weighted by Crippen LogP contribution is -2.58. The van der Waals surface area contributed by atoms with Crippen LogP contribution in [-0.2, 0) is 18.7 Å². The van der Waals surface area contributed by atoms with Gasteiger partial charge in [0.2, 0.25) is 0 Å². The standard InChI is InChI=1S/C25H31N3O2/c1-3-28-15-18(22-13-21(30-2)10-11-23(22)28)14-27-16-19-7-6-8-20(17-27)25(19,29)24-9-4-5-12-26-24/h4-5,9-13,15,19-20,29H,3,6-8,14,16-17H2,1-2H3/t19-,20-/m1/s1. The zero-order valence-electron chi connectivity index (χ0n) is 17.9. The maximum absolute atomic E-state index is 11.8. The van der Waals surface area contributed by atoms with Gasteiger partial charge in [-0.15, -0.1) is 0 Å². The van der Waals surface area contributed by atoms with Gasteiger partial charge in [-0.3, -0.25) is 9.88 Å². The largest absolute Gasteiger partial charge is 0.497 e. The summed E-state index contributed by atoms with van der Waals surface area (Å²) in [6, 6.07) is 12.3. The Kier molecular flexibility index (Phi) is 5.03. The number of ether oxygens (including phenoxy) is 1. The molecule has 5 rings (SSSR count). The van der Waals surface area contributed by atoms with Crippen LogP contribution in [0.5, 0.6) is 5.75 Å². The summed E-state index contributed by atoms with van der Waals surface area (Å²) in [5, 5.41) is 13.0. The quantitative estimate of drug-likeness (QED) is 0.692. The highest BCUT2D eigenvalue weighted by Crippen LogP contribution is 2.48. The first-order chi connectivity index (χ1) is 14.6. The molecule has 3 heterocycles. The maximum Gasteiger partial charge on any atom is 0.119 e. The number of hydrogen-bond donors (Lipinski definition) is 1. The van der Waals surface area contributed by atoms with Gasteiger partial charge in [-0.05, 0) is 55.7 Å². The van der Waals surface area contributed by atoms with Crippen LogP contribution in [0.25, 0.3) is 10.9 Å². The van der Waals surface area contributed by atoms with E-state index in [1.165, 1.54) is 22.9 Å². The molecule has 5 nitrogen and oxygen atoms in total. The molecule has 2 bridgehead atoms. The number of nitrogens with zero attached hydrogens (tertiary/aromatic N) is 3. The average Bonchev–Trinajstić information content (AvgIpc) is 3.11. The fourth-order valence-corrected chi connectivity index (χ4v) is 5.80. The number of rotatable bonds is 5. The van der Waals surface area contributed by atoms with Crippen LogP contribution in [0.2, 0.25) is 0 Å². The molecule has 2 aromatic heterocycles. The lowest BCUT2D eigenvalue weighted by molar-refractivity contribution is -0.151.